The van der Waals surface area contributed by atoms with E-state index in [0.29, 0.717) is 22.3 Å². The maximum absolute atomic E-state index is 11.5. The average molecular weight is 282 g/mol. The second-order valence-electron chi connectivity index (χ2n) is 3.22. The third-order valence-electron chi connectivity index (χ3n) is 2.12. The van der Waals surface area contributed by atoms with Gasteiger partial charge in [-0.05, 0) is 22.0 Å². The summed E-state index contributed by atoms with van der Waals surface area (Å²) in [5, 5.41) is 0. The summed E-state index contributed by atoms with van der Waals surface area (Å²) in [5.74, 6) is -0.0938. The number of anilines is 1. The lowest BCUT2D eigenvalue weighted by molar-refractivity contribution is -0.116. The van der Waals surface area contributed by atoms with Gasteiger partial charge in [-0.2, -0.15) is 0 Å². The van der Waals surface area contributed by atoms with Gasteiger partial charge in [-0.1, -0.05) is 18.2 Å². The molecule has 0 radical (unpaired) electrons. The van der Waals surface area contributed by atoms with Crippen LogP contribution in [0.5, 0.6) is 0 Å². The smallest absolute Gasteiger partial charge is 0.224 e. The van der Waals surface area contributed by atoms with Crippen molar-refractivity contribution in [2.24, 2.45) is 0 Å². The van der Waals surface area contributed by atoms with Crippen molar-refractivity contribution in [1.29, 1.82) is 0 Å². The van der Waals surface area contributed by atoms with E-state index in [1.807, 2.05) is 0 Å². The maximum atomic E-state index is 11.5. The topological polar surface area (TPSA) is 37.4 Å². The Morgan fingerprint density at radius 2 is 2.25 bits per heavy atom. The van der Waals surface area contributed by atoms with E-state index < -0.39 is 0 Å². The molecule has 0 spiro atoms. The van der Waals surface area contributed by atoms with E-state index >= 15 is 0 Å². The highest BCUT2D eigenvalue weighted by molar-refractivity contribution is 9.10. The van der Waals surface area contributed by atoms with Crippen LogP contribution >= 0.6 is 15.9 Å². The number of halogens is 1. The van der Waals surface area contributed by atoms with Crippen LogP contribution < -0.4 is 4.90 Å². The van der Waals surface area contributed by atoms with Gasteiger partial charge < -0.3 is 4.90 Å². The number of carbonyl (C=O) groups is 2. The summed E-state index contributed by atoms with van der Waals surface area (Å²) < 4.78 is 0.627. The van der Waals surface area contributed by atoms with Crippen molar-refractivity contribution in [3.05, 3.63) is 40.9 Å². The van der Waals surface area contributed by atoms with Crippen LogP contribution in [0.3, 0.4) is 0 Å². The predicted octanol–water partition coefficient (Wildman–Crippen LogP) is 2.80. The van der Waals surface area contributed by atoms with Crippen molar-refractivity contribution in [1.82, 2.24) is 0 Å². The van der Waals surface area contributed by atoms with Gasteiger partial charge in [0, 0.05) is 19.0 Å². The Morgan fingerprint density at radius 1 is 1.56 bits per heavy atom. The lowest BCUT2D eigenvalue weighted by Gasteiger charge is -2.21. The molecular formula is C12H12BrNO2. The van der Waals surface area contributed by atoms with Gasteiger partial charge in [-0.25, -0.2) is 0 Å². The molecule has 1 aromatic rings. The SMILES string of the molecule is C=CCN(C(C)=O)c1cccc(C=O)c1Br. The highest BCUT2D eigenvalue weighted by Crippen LogP contribution is 2.28. The molecule has 0 aromatic heterocycles. The molecule has 0 unspecified atom stereocenters. The molecule has 0 saturated carbocycles. The Kier molecular flexibility index (Phi) is 4.43. The number of aldehydes is 1. The van der Waals surface area contributed by atoms with Gasteiger partial charge in [-0.15, -0.1) is 6.58 Å². The minimum atomic E-state index is -0.0938. The predicted molar refractivity (Wildman–Crippen MR) is 67.8 cm³/mol. The lowest BCUT2D eigenvalue weighted by atomic mass is 10.2. The fourth-order valence-corrected chi connectivity index (χ4v) is 1.93. The molecule has 84 valence electrons. The van der Waals surface area contributed by atoms with E-state index in [9.17, 15) is 9.59 Å². The van der Waals surface area contributed by atoms with Gasteiger partial charge in [0.25, 0.3) is 0 Å². The van der Waals surface area contributed by atoms with E-state index in [4.69, 9.17) is 0 Å². The molecule has 0 N–H and O–H groups in total. The third kappa shape index (κ3) is 2.58. The number of rotatable bonds is 4. The second kappa shape index (κ2) is 5.61. The van der Waals surface area contributed by atoms with Gasteiger partial charge in [0.2, 0.25) is 5.91 Å². The summed E-state index contributed by atoms with van der Waals surface area (Å²) in [4.78, 5) is 23.8. The normalized spacial score (nSPS) is 9.62. The molecule has 1 amide bonds. The van der Waals surface area contributed by atoms with Crippen LogP contribution in [0.25, 0.3) is 0 Å². The number of nitrogens with zero attached hydrogens (tertiary/aromatic N) is 1. The first-order valence-electron chi connectivity index (χ1n) is 4.74. The Morgan fingerprint density at radius 3 is 2.75 bits per heavy atom. The first-order chi connectivity index (χ1) is 7.61. The molecular weight excluding hydrogens is 270 g/mol. The van der Waals surface area contributed by atoms with Crippen molar-refractivity contribution >= 4 is 33.8 Å². The third-order valence-corrected chi connectivity index (χ3v) is 2.98. The number of hydrogen-bond donors (Lipinski definition) is 0. The van der Waals surface area contributed by atoms with Crippen molar-refractivity contribution in [3.63, 3.8) is 0 Å². The zero-order valence-electron chi connectivity index (χ0n) is 8.94. The molecule has 0 aliphatic rings. The monoisotopic (exact) mass is 281 g/mol. The van der Waals surface area contributed by atoms with Gasteiger partial charge in [0.15, 0.2) is 6.29 Å². The van der Waals surface area contributed by atoms with Crippen LogP contribution in [-0.2, 0) is 4.79 Å². The highest BCUT2D eigenvalue weighted by Gasteiger charge is 2.14. The molecule has 0 bridgehead atoms. The van der Waals surface area contributed by atoms with E-state index in [1.54, 1.807) is 29.2 Å². The van der Waals surface area contributed by atoms with Gasteiger partial charge >= 0.3 is 0 Å². The average Bonchev–Trinajstić information content (AvgIpc) is 2.26. The summed E-state index contributed by atoms with van der Waals surface area (Å²) in [6.45, 7) is 5.49. The number of benzene rings is 1. The molecule has 0 aliphatic heterocycles. The van der Waals surface area contributed by atoms with E-state index in [1.165, 1.54) is 6.92 Å². The number of carbonyl (C=O) groups excluding carboxylic acids is 2. The molecule has 0 fully saturated rings. The van der Waals surface area contributed by atoms with Crippen LogP contribution in [0.15, 0.2) is 35.3 Å². The Labute approximate surface area is 103 Å². The van der Waals surface area contributed by atoms with E-state index in [-0.39, 0.29) is 5.91 Å². The summed E-state index contributed by atoms with van der Waals surface area (Å²) in [6.07, 6.45) is 2.39. The molecule has 0 saturated heterocycles. The zero-order chi connectivity index (χ0) is 12.1. The van der Waals surface area contributed by atoms with Crippen LogP contribution in [0, 0.1) is 0 Å². The minimum absolute atomic E-state index is 0.0938. The first kappa shape index (κ1) is 12.6. The quantitative estimate of drug-likeness (QED) is 0.629. The number of hydrogen-bond acceptors (Lipinski definition) is 2. The first-order valence-corrected chi connectivity index (χ1v) is 5.53. The molecule has 0 atom stereocenters. The lowest BCUT2D eigenvalue weighted by Crippen LogP contribution is -2.28. The number of amides is 1. The molecule has 3 nitrogen and oxygen atoms in total. The Bertz CT molecular complexity index is 429. The van der Waals surface area contributed by atoms with E-state index in [0.717, 1.165) is 6.29 Å². The highest BCUT2D eigenvalue weighted by atomic mass is 79.9. The van der Waals surface area contributed by atoms with Crippen LogP contribution in [0.1, 0.15) is 17.3 Å². The van der Waals surface area contributed by atoms with Crippen molar-refractivity contribution in [2.45, 2.75) is 6.92 Å². The maximum Gasteiger partial charge on any atom is 0.224 e. The summed E-state index contributed by atoms with van der Waals surface area (Å²) >= 11 is 3.32. The van der Waals surface area contributed by atoms with Crippen LogP contribution in [-0.4, -0.2) is 18.7 Å². The molecule has 0 aliphatic carbocycles. The molecule has 1 aromatic carbocycles. The van der Waals surface area contributed by atoms with E-state index in [2.05, 4.69) is 22.5 Å². The largest absolute Gasteiger partial charge is 0.308 e. The van der Waals surface area contributed by atoms with Gasteiger partial charge in [0.1, 0.15) is 0 Å². The zero-order valence-corrected chi connectivity index (χ0v) is 10.5. The van der Waals surface area contributed by atoms with Crippen LogP contribution in [0.2, 0.25) is 0 Å². The Balaban J connectivity index is 3.23. The fraction of sp³-hybridized carbons (Fsp3) is 0.167. The molecule has 4 heteroatoms. The van der Waals surface area contributed by atoms with Crippen LogP contribution in [0.4, 0.5) is 5.69 Å². The molecule has 0 heterocycles. The fourth-order valence-electron chi connectivity index (χ4n) is 1.36. The van der Waals surface area contributed by atoms with Gasteiger partial charge in [0.05, 0.1) is 10.2 Å². The van der Waals surface area contributed by atoms with Crippen molar-refractivity contribution in [2.75, 3.05) is 11.4 Å². The standard InChI is InChI=1S/C12H12BrNO2/c1-3-7-14(9(2)16)11-6-4-5-10(8-15)12(11)13/h3-6,8H,1,7H2,2H3. The Hall–Kier alpha value is -1.42. The van der Waals surface area contributed by atoms with Crippen molar-refractivity contribution in [3.8, 4) is 0 Å². The molecule has 1 rings (SSSR count). The summed E-state index contributed by atoms with van der Waals surface area (Å²) in [5.41, 5.74) is 1.20. The van der Waals surface area contributed by atoms with Crippen molar-refractivity contribution < 1.29 is 9.59 Å². The summed E-state index contributed by atoms with van der Waals surface area (Å²) in [6, 6.07) is 5.21. The molecule has 16 heavy (non-hydrogen) atoms. The minimum Gasteiger partial charge on any atom is -0.308 e. The summed E-state index contributed by atoms with van der Waals surface area (Å²) in [7, 11) is 0. The second-order valence-corrected chi connectivity index (χ2v) is 4.01. The van der Waals surface area contributed by atoms with Gasteiger partial charge in [-0.3, -0.25) is 9.59 Å².